The maximum atomic E-state index is 12.4. The van der Waals surface area contributed by atoms with Crippen molar-refractivity contribution in [3.63, 3.8) is 0 Å². The van der Waals surface area contributed by atoms with E-state index in [0.29, 0.717) is 5.01 Å². The number of nitrogens with zero attached hydrogens (tertiary/aromatic N) is 4. The highest BCUT2D eigenvalue weighted by Crippen LogP contribution is 2.07. The molecule has 0 aliphatic rings. The van der Waals surface area contributed by atoms with Crippen LogP contribution in [-0.4, -0.2) is 72.2 Å². The molecule has 1 rings (SSSR count). The normalized spacial score (nSPS) is 11.9. The van der Waals surface area contributed by atoms with Crippen LogP contribution in [-0.2, 0) is 20.7 Å². The molecule has 0 heterocycles. The molecule has 0 radical (unpaired) electrons. The fraction of sp³-hybridized carbons (Fsp3) is 0.476. The lowest BCUT2D eigenvalue weighted by Crippen LogP contribution is -2.48. The van der Waals surface area contributed by atoms with E-state index in [-0.39, 0.29) is 25.3 Å². The zero-order valence-electron chi connectivity index (χ0n) is 19.9. The Labute approximate surface area is 197 Å². The molecule has 4 N–H and O–H groups in total. The van der Waals surface area contributed by atoms with E-state index in [2.05, 4.69) is 21.0 Å². The average molecular weight is 478 g/mol. The van der Waals surface area contributed by atoms with E-state index in [1.54, 1.807) is 51.1 Å². The van der Waals surface area contributed by atoms with Crippen LogP contribution in [0.4, 0.5) is 14.4 Å². The number of hydrazine groups is 1. The first-order valence-electron chi connectivity index (χ1n) is 10.3. The summed E-state index contributed by atoms with van der Waals surface area (Å²) in [5.41, 5.74) is 7.41. The summed E-state index contributed by atoms with van der Waals surface area (Å²) in [6, 6.07) is 5.52. The van der Waals surface area contributed by atoms with Crippen molar-refractivity contribution in [2.24, 2.45) is 16.0 Å². The van der Waals surface area contributed by atoms with Gasteiger partial charge in [-0.05, 0) is 26.3 Å². The summed E-state index contributed by atoms with van der Waals surface area (Å²) in [7, 11) is 3.06. The molecule has 1 atom stereocenters. The van der Waals surface area contributed by atoms with Crippen molar-refractivity contribution in [2.45, 2.75) is 45.3 Å². The zero-order chi connectivity index (χ0) is 25.9. The first kappa shape index (κ1) is 28.0. The summed E-state index contributed by atoms with van der Waals surface area (Å²) in [4.78, 5) is 61.5. The van der Waals surface area contributed by atoms with Crippen LogP contribution in [0.25, 0.3) is 0 Å². The van der Waals surface area contributed by atoms with E-state index < -0.39 is 35.7 Å². The van der Waals surface area contributed by atoms with E-state index in [0.717, 1.165) is 5.56 Å². The van der Waals surface area contributed by atoms with Gasteiger partial charge in [-0.2, -0.15) is 0 Å². The van der Waals surface area contributed by atoms with Gasteiger partial charge in [-0.25, -0.2) is 24.8 Å². The predicted octanol–water partition coefficient (Wildman–Crippen LogP) is 1.58. The van der Waals surface area contributed by atoms with E-state index >= 15 is 0 Å². The summed E-state index contributed by atoms with van der Waals surface area (Å²) < 4.78 is 5.09. The first-order chi connectivity index (χ1) is 15.8. The number of nitrogens with two attached hydrogens (primary N) is 1. The van der Waals surface area contributed by atoms with Crippen molar-refractivity contribution >= 4 is 30.0 Å². The zero-order valence-corrected chi connectivity index (χ0v) is 19.9. The molecule has 0 spiro atoms. The first-order valence-corrected chi connectivity index (χ1v) is 10.3. The molecular weight excluding hydrogens is 446 g/mol. The van der Waals surface area contributed by atoms with Crippen molar-refractivity contribution in [1.82, 2.24) is 20.7 Å². The number of carbonyl (C=O) groups excluding carboxylic acids is 5. The van der Waals surface area contributed by atoms with Gasteiger partial charge in [0.05, 0.1) is 6.54 Å². The van der Waals surface area contributed by atoms with Gasteiger partial charge in [0, 0.05) is 26.9 Å². The minimum absolute atomic E-state index is 0.115. The molecule has 0 fully saturated rings. The monoisotopic (exact) mass is 477 g/mol. The second-order valence-corrected chi connectivity index (χ2v) is 8.38. The fourth-order valence-corrected chi connectivity index (χ4v) is 2.43. The van der Waals surface area contributed by atoms with E-state index in [9.17, 15) is 24.0 Å². The number of hydrogen-bond acceptors (Lipinski definition) is 6. The van der Waals surface area contributed by atoms with Crippen LogP contribution < -0.4 is 16.5 Å². The molecule has 13 nitrogen and oxygen atoms in total. The third-order valence-corrected chi connectivity index (χ3v) is 4.05. The van der Waals surface area contributed by atoms with Crippen molar-refractivity contribution in [1.29, 1.82) is 0 Å². The molecule has 0 aliphatic heterocycles. The number of carbonyl (C=O) groups is 5. The number of rotatable bonds is 7. The standard InChI is InChI=1S/C21H31N7O6/c1-21(2,3)34-20(33)26-28(12-11-16(29)27(4)5)19(32)25-24-18(31)23-15(17(22)30)13-14-9-7-6-8-10-14/h6-10,15H,11-13H2,1-5H3,(H2,22,30)(H,23,31)(H,26,33)/b25-24+/t15-/m0/s1. The summed E-state index contributed by atoms with van der Waals surface area (Å²) in [6.07, 6.45) is -0.990. The molecule has 0 bridgehead atoms. The van der Waals surface area contributed by atoms with Gasteiger partial charge in [0.2, 0.25) is 11.8 Å². The lowest BCUT2D eigenvalue weighted by atomic mass is 10.1. The highest BCUT2D eigenvalue weighted by Gasteiger charge is 2.23. The molecule has 7 amide bonds. The average Bonchev–Trinajstić information content (AvgIpc) is 2.73. The van der Waals surface area contributed by atoms with E-state index in [1.807, 2.05) is 0 Å². The van der Waals surface area contributed by atoms with Crippen LogP contribution in [0, 0.1) is 0 Å². The van der Waals surface area contributed by atoms with Gasteiger partial charge in [-0.15, -0.1) is 0 Å². The van der Waals surface area contributed by atoms with Gasteiger partial charge in [-0.1, -0.05) is 40.6 Å². The second kappa shape index (κ2) is 12.9. The molecule has 0 aromatic heterocycles. The predicted molar refractivity (Wildman–Crippen MR) is 121 cm³/mol. The van der Waals surface area contributed by atoms with Crippen molar-refractivity contribution < 1.29 is 28.7 Å². The molecule has 0 aliphatic carbocycles. The second-order valence-electron chi connectivity index (χ2n) is 8.38. The Bertz CT molecular complexity index is 912. The molecule has 186 valence electrons. The minimum atomic E-state index is -1.13. The van der Waals surface area contributed by atoms with Gasteiger partial charge >= 0.3 is 18.2 Å². The van der Waals surface area contributed by atoms with Gasteiger partial charge in [0.1, 0.15) is 11.6 Å². The van der Waals surface area contributed by atoms with E-state index in [1.165, 1.54) is 19.0 Å². The number of azo groups is 1. The van der Waals surface area contributed by atoms with Gasteiger partial charge in [-0.3, -0.25) is 9.59 Å². The lowest BCUT2D eigenvalue weighted by Gasteiger charge is -2.24. The molecule has 0 saturated carbocycles. The Balaban J connectivity index is 2.84. The number of benzene rings is 1. The maximum absolute atomic E-state index is 12.4. The topological polar surface area (TPSA) is 176 Å². The van der Waals surface area contributed by atoms with Crippen LogP contribution in [0.5, 0.6) is 0 Å². The third kappa shape index (κ3) is 11.0. The van der Waals surface area contributed by atoms with Gasteiger partial charge in [0.15, 0.2) is 0 Å². The van der Waals surface area contributed by atoms with Crippen LogP contribution >= 0.6 is 0 Å². The number of amides is 7. The molecular formula is C21H31N7O6. The minimum Gasteiger partial charge on any atom is -0.443 e. The summed E-state index contributed by atoms with van der Waals surface area (Å²) in [5, 5.41) is 9.49. The lowest BCUT2D eigenvalue weighted by molar-refractivity contribution is -0.129. The largest absolute Gasteiger partial charge is 0.443 e. The SMILES string of the molecule is CN(C)C(=O)CCN(NC(=O)OC(C)(C)C)C(=O)/N=N/C(=O)N[C@@H](Cc1ccccc1)C(N)=O. The Hall–Kier alpha value is -4.03. The summed E-state index contributed by atoms with van der Waals surface area (Å²) in [6.45, 7) is 4.63. The van der Waals surface area contributed by atoms with Crippen molar-refractivity contribution in [3.05, 3.63) is 35.9 Å². The number of hydrogen-bond donors (Lipinski definition) is 3. The molecule has 0 saturated heterocycles. The van der Waals surface area contributed by atoms with Crippen molar-refractivity contribution in [2.75, 3.05) is 20.6 Å². The van der Waals surface area contributed by atoms with Crippen LogP contribution in [0.15, 0.2) is 40.6 Å². The Kier molecular flexibility index (Phi) is 10.6. The third-order valence-electron chi connectivity index (χ3n) is 4.05. The van der Waals surface area contributed by atoms with Crippen molar-refractivity contribution in [3.8, 4) is 0 Å². The van der Waals surface area contributed by atoms with Gasteiger partial charge < -0.3 is 20.7 Å². The summed E-state index contributed by atoms with van der Waals surface area (Å²) >= 11 is 0. The quantitative estimate of drug-likeness (QED) is 0.397. The number of urea groups is 2. The molecule has 1 aromatic rings. The smallest absolute Gasteiger partial charge is 0.426 e. The number of primary amides is 1. The highest BCUT2D eigenvalue weighted by molar-refractivity contribution is 5.87. The number of ether oxygens (including phenoxy) is 1. The molecule has 34 heavy (non-hydrogen) atoms. The van der Waals surface area contributed by atoms with Crippen LogP contribution in [0.2, 0.25) is 0 Å². The molecule has 0 unspecified atom stereocenters. The molecule has 1 aromatic carbocycles. The fourth-order valence-electron chi connectivity index (χ4n) is 2.43. The highest BCUT2D eigenvalue weighted by atomic mass is 16.6. The maximum Gasteiger partial charge on any atom is 0.426 e. The Morgan fingerprint density at radius 1 is 1.06 bits per heavy atom. The van der Waals surface area contributed by atoms with E-state index in [4.69, 9.17) is 10.5 Å². The van der Waals surface area contributed by atoms with Gasteiger partial charge in [0.25, 0.3) is 0 Å². The summed E-state index contributed by atoms with van der Waals surface area (Å²) in [5.74, 6) is -1.11. The van der Waals surface area contributed by atoms with Crippen LogP contribution in [0.3, 0.4) is 0 Å². The Morgan fingerprint density at radius 2 is 1.68 bits per heavy atom. The van der Waals surface area contributed by atoms with Crippen LogP contribution in [0.1, 0.15) is 32.8 Å². The number of nitrogens with one attached hydrogen (secondary N) is 2. The molecule has 13 heteroatoms. The Morgan fingerprint density at radius 3 is 2.21 bits per heavy atom.